The van der Waals surface area contributed by atoms with Gasteiger partial charge in [-0.1, -0.05) is 24.3 Å². The molecule has 2 aromatic rings. The molecule has 2 bridgehead atoms. The van der Waals surface area contributed by atoms with Gasteiger partial charge in [-0.25, -0.2) is 0 Å². The van der Waals surface area contributed by atoms with Crippen molar-refractivity contribution in [1.29, 1.82) is 0 Å². The number of hydrogen-bond donors (Lipinski definition) is 0. The maximum absolute atomic E-state index is 5.30. The topological polar surface area (TPSA) is 12.5 Å². The second-order valence-electron chi connectivity index (χ2n) is 6.29. The van der Waals surface area contributed by atoms with Crippen molar-refractivity contribution in [2.75, 3.05) is 14.2 Å². The number of hydrogen-bond acceptors (Lipinski definition) is 2. The molecule has 2 unspecified atom stereocenters. The van der Waals surface area contributed by atoms with E-state index in [0.717, 1.165) is 11.8 Å². The molecule has 2 aliphatic rings. The molecule has 0 saturated carbocycles. The van der Waals surface area contributed by atoms with Crippen LogP contribution >= 0.6 is 0 Å². The summed E-state index contributed by atoms with van der Waals surface area (Å²) in [6.07, 6.45) is 6.32. The fourth-order valence-corrected chi connectivity index (χ4v) is 3.81. The third-order valence-corrected chi connectivity index (χ3v) is 5.16. The van der Waals surface area contributed by atoms with E-state index in [1.54, 1.807) is 7.11 Å². The molecule has 0 spiro atoms. The summed E-state index contributed by atoms with van der Waals surface area (Å²) in [4.78, 5) is 2.54. The normalized spacial score (nSPS) is 25.1. The minimum Gasteiger partial charge on any atom is -0.497 e. The molecule has 2 heteroatoms. The van der Waals surface area contributed by atoms with Gasteiger partial charge in [0.2, 0.25) is 0 Å². The van der Waals surface area contributed by atoms with Crippen molar-refractivity contribution in [3.05, 3.63) is 48.0 Å². The molecule has 4 rings (SSSR count). The Labute approximate surface area is 126 Å². The van der Waals surface area contributed by atoms with Crippen molar-refractivity contribution >= 4 is 16.3 Å². The zero-order valence-electron chi connectivity index (χ0n) is 12.7. The van der Waals surface area contributed by atoms with E-state index < -0.39 is 0 Å². The van der Waals surface area contributed by atoms with Crippen molar-refractivity contribution in [1.82, 2.24) is 4.90 Å². The highest BCUT2D eigenvalue weighted by Gasteiger charge is 2.33. The molecule has 21 heavy (non-hydrogen) atoms. The summed E-state index contributed by atoms with van der Waals surface area (Å²) in [5.74, 6) is 0.923. The Morgan fingerprint density at radius 1 is 1.05 bits per heavy atom. The average Bonchev–Trinajstić information content (AvgIpc) is 2.75. The predicted molar refractivity (Wildman–Crippen MR) is 87.7 cm³/mol. The van der Waals surface area contributed by atoms with E-state index in [1.165, 1.54) is 41.2 Å². The zero-order valence-corrected chi connectivity index (χ0v) is 12.7. The summed E-state index contributed by atoms with van der Waals surface area (Å²) >= 11 is 0. The predicted octanol–water partition coefficient (Wildman–Crippen LogP) is 4.10. The lowest BCUT2D eigenvalue weighted by Gasteiger charge is -2.30. The maximum Gasteiger partial charge on any atom is 0.119 e. The monoisotopic (exact) mass is 279 g/mol. The van der Waals surface area contributed by atoms with Crippen LogP contribution in [0.25, 0.3) is 16.3 Å². The van der Waals surface area contributed by atoms with Gasteiger partial charge in [-0.15, -0.1) is 0 Å². The number of rotatable bonds is 2. The molecule has 0 amide bonds. The van der Waals surface area contributed by atoms with Gasteiger partial charge in [-0.2, -0.15) is 0 Å². The molecule has 0 aliphatic carbocycles. The fourth-order valence-electron chi connectivity index (χ4n) is 3.81. The summed E-state index contributed by atoms with van der Waals surface area (Å²) in [6.45, 7) is 0. The first kappa shape index (κ1) is 12.9. The number of likely N-dealkylation sites (N-methyl/N-ethyl adjacent to an activating group) is 1. The molecule has 2 atom stereocenters. The average molecular weight is 279 g/mol. The van der Waals surface area contributed by atoms with E-state index in [0.29, 0.717) is 6.04 Å². The van der Waals surface area contributed by atoms with E-state index in [9.17, 15) is 0 Å². The lowest BCUT2D eigenvalue weighted by atomic mass is 9.93. The molecule has 108 valence electrons. The second kappa shape index (κ2) is 4.88. The van der Waals surface area contributed by atoms with Crippen molar-refractivity contribution in [3.63, 3.8) is 0 Å². The van der Waals surface area contributed by atoms with Crippen LogP contribution in [0.1, 0.15) is 24.8 Å². The Hall–Kier alpha value is -1.80. The summed E-state index contributed by atoms with van der Waals surface area (Å²) in [7, 11) is 3.98. The molecule has 0 aromatic heterocycles. The quantitative estimate of drug-likeness (QED) is 0.820. The Morgan fingerprint density at radius 2 is 1.86 bits per heavy atom. The standard InChI is InChI=1S/C19H21NO/c1-20-17-6-7-18(20)11-16(10-17)14-3-4-15-12-19(21-2)8-5-13(15)9-14/h3-5,8-10,12,17-18H,6-7,11H2,1-2H3. The third kappa shape index (κ3) is 2.14. The van der Waals surface area contributed by atoms with Crippen LogP contribution in [0.5, 0.6) is 5.75 Å². The van der Waals surface area contributed by atoms with E-state index in [4.69, 9.17) is 4.74 Å². The van der Waals surface area contributed by atoms with Gasteiger partial charge in [0.1, 0.15) is 5.75 Å². The Kier molecular flexibility index (Phi) is 3.00. The van der Waals surface area contributed by atoms with Crippen LogP contribution in [0, 0.1) is 0 Å². The smallest absolute Gasteiger partial charge is 0.119 e. The summed E-state index contributed by atoms with van der Waals surface area (Å²) in [5, 5.41) is 2.54. The van der Waals surface area contributed by atoms with Crippen LogP contribution in [0.15, 0.2) is 42.5 Å². The highest BCUT2D eigenvalue weighted by molar-refractivity contribution is 5.87. The van der Waals surface area contributed by atoms with Gasteiger partial charge in [0.25, 0.3) is 0 Å². The minimum absolute atomic E-state index is 0.644. The molecule has 2 heterocycles. The lowest BCUT2D eigenvalue weighted by molar-refractivity contribution is 0.264. The molecule has 0 N–H and O–H groups in total. The van der Waals surface area contributed by atoms with Gasteiger partial charge < -0.3 is 4.74 Å². The third-order valence-electron chi connectivity index (χ3n) is 5.16. The maximum atomic E-state index is 5.30. The fraction of sp³-hybridized carbons (Fsp3) is 0.368. The molecular formula is C19H21NO. The van der Waals surface area contributed by atoms with Gasteiger partial charge in [-0.3, -0.25) is 4.90 Å². The molecule has 1 saturated heterocycles. The van der Waals surface area contributed by atoms with Crippen LogP contribution in [0.4, 0.5) is 0 Å². The molecular weight excluding hydrogens is 258 g/mol. The summed E-state index contributed by atoms with van der Waals surface area (Å²) in [6, 6.07) is 14.5. The lowest BCUT2D eigenvalue weighted by Crippen LogP contribution is -2.34. The molecule has 2 aromatic carbocycles. The van der Waals surface area contributed by atoms with Gasteiger partial charge in [-0.05, 0) is 66.4 Å². The molecule has 2 aliphatic heterocycles. The summed E-state index contributed by atoms with van der Waals surface area (Å²) < 4.78 is 5.30. The molecule has 1 fully saturated rings. The Bertz CT molecular complexity index is 719. The highest BCUT2D eigenvalue weighted by atomic mass is 16.5. The van der Waals surface area contributed by atoms with Gasteiger partial charge in [0, 0.05) is 12.1 Å². The minimum atomic E-state index is 0.644. The molecule has 0 radical (unpaired) electrons. The second-order valence-corrected chi connectivity index (χ2v) is 6.29. The van der Waals surface area contributed by atoms with E-state index in [-0.39, 0.29) is 0 Å². The van der Waals surface area contributed by atoms with Gasteiger partial charge in [0.05, 0.1) is 7.11 Å². The first-order valence-corrected chi connectivity index (χ1v) is 7.75. The van der Waals surface area contributed by atoms with E-state index in [2.05, 4.69) is 48.4 Å². The van der Waals surface area contributed by atoms with E-state index in [1.807, 2.05) is 6.07 Å². The van der Waals surface area contributed by atoms with Crippen LogP contribution in [0.2, 0.25) is 0 Å². The Morgan fingerprint density at radius 3 is 2.67 bits per heavy atom. The van der Waals surface area contributed by atoms with Gasteiger partial charge in [0.15, 0.2) is 0 Å². The highest BCUT2D eigenvalue weighted by Crippen LogP contribution is 2.38. The van der Waals surface area contributed by atoms with Crippen molar-refractivity contribution in [2.45, 2.75) is 31.3 Å². The van der Waals surface area contributed by atoms with E-state index >= 15 is 0 Å². The number of fused-ring (bicyclic) bond motifs is 3. The molecule has 2 nitrogen and oxygen atoms in total. The van der Waals surface area contributed by atoms with Crippen molar-refractivity contribution < 1.29 is 4.74 Å². The number of nitrogens with zero attached hydrogens (tertiary/aromatic N) is 1. The van der Waals surface area contributed by atoms with Crippen LogP contribution < -0.4 is 4.74 Å². The zero-order chi connectivity index (χ0) is 14.4. The Balaban J connectivity index is 1.73. The summed E-state index contributed by atoms with van der Waals surface area (Å²) in [5.41, 5.74) is 2.91. The number of methoxy groups -OCH3 is 1. The van der Waals surface area contributed by atoms with Gasteiger partial charge >= 0.3 is 0 Å². The van der Waals surface area contributed by atoms with Crippen LogP contribution in [-0.2, 0) is 0 Å². The number of benzene rings is 2. The van der Waals surface area contributed by atoms with Crippen molar-refractivity contribution in [3.8, 4) is 5.75 Å². The van der Waals surface area contributed by atoms with Crippen LogP contribution in [0.3, 0.4) is 0 Å². The largest absolute Gasteiger partial charge is 0.497 e. The SMILES string of the molecule is COc1ccc2cc(C3=CC4CCC(C3)N4C)ccc2c1. The van der Waals surface area contributed by atoms with Crippen LogP contribution in [-0.4, -0.2) is 31.1 Å². The first-order valence-electron chi connectivity index (χ1n) is 7.75. The first-order chi connectivity index (χ1) is 10.2. The number of ether oxygens (including phenoxy) is 1. The van der Waals surface area contributed by atoms with Crippen molar-refractivity contribution in [2.24, 2.45) is 0 Å².